The van der Waals surface area contributed by atoms with E-state index in [2.05, 4.69) is 10.1 Å². The van der Waals surface area contributed by atoms with Gasteiger partial charge in [-0.15, -0.1) is 0 Å². The molecule has 2 amide bonds. The van der Waals surface area contributed by atoms with E-state index in [0.717, 1.165) is 5.69 Å². The van der Waals surface area contributed by atoms with Crippen LogP contribution < -0.4 is 10.2 Å². The van der Waals surface area contributed by atoms with Crippen molar-refractivity contribution in [1.82, 2.24) is 0 Å². The first-order valence-electron chi connectivity index (χ1n) is 7.89. The van der Waals surface area contributed by atoms with Crippen molar-refractivity contribution in [3.63, 3.8) is 0 Å². The van der Waals surface area contributed by atoms with Crippen LogP contribution in [0.5, 0.6) is 0 Å². The Morgan fingerprint density at radius 2 is 1.64 bits per heavy atom. The second-order valence-electron chi connectivity index (χ2n) is 5.23. The number of para-hydroxylation sites is 2. The lowest BCUT2D eigenvalue weighted by molar-refractivity contribution is -0.142. The zero-order valence-electron chi connectivity index (χ0n) is 14.2. The molecule has 0 bridgehead atoms. The molecule has 0 saturated carbocycles. The fourth-order valence-corrected chi connectivity index (χ4v) is 2.37. The number of ether oxygens (including phenoxy) is 1. The van der Waals surface area contributed by atoms with Crippen LogP contribution in [-0.4, -0.2) is 31.4 Å². The van der Waals surface area contributed by atoms with Crippen molar-refractivity contribution in [3.8, 4) is 0 Å². The molecular formula is C19H20N2O4. The number of methoxy groups -OCH3 is 1. The smallest absolute Gasteiger partial charge is 0.315 e. The molecule has 25 heavy (non-hydrogen) atoms. The molecule has 2 aromatic rings. The van der Waals surface area contributed by atoms with Crippen LogP contribution in [0.4, 0.5) is 11.4 Å². The van der Waals surface area contributed by atoms with Gasteiger partial charge in [-0.2, -0.15) is 0 Å². The van der Waals surface area contributed by atoms with E-state index in [1.54, 1.807) is 29.2 Å². The van der Waals surface area contributed by atoms with Crippen LogP contribution in [0.2, 0.25) is 0 Å². The maximum absolute atomic E-state index is 12.9. The molecule has 0 saturated heterocycles. The van der Waals surface area contributed by atoms with Gasteiger partial charge in [0.1, 0.15) is 6.42 Å². The van der Waals surface area contributed by atoms with Gasteiger partial charge in [0.15, 0.2) is 0 Å². The molecule has 0 unspecified atom stereocenters. The number of carbonyl (C=O) groups is 3. The van der Waals surface area contributed by atoms with Crippen molar-refractivity contribution in [1.29, 1.82) is 0 Å². The number of hydrogen-bond acceptors (Lipinski definition) is 4. The molecule has 6 heteroatoms. The predicted molar refractivity (Wildman–Crippen MR) is 95.5 cm³/mol. The van der Waals surface area contributed by atoms with Crippen LogP contribution >= 0.6 is 0 Å². The highest BCUT2D eigenvalue weighted by Crippen LogP contribution is 2.22. The average Bonchev–Trinajstić information content (AvgIpc) is 2.63. The topological polar surface area (TPSA) is 75.7 Å². The molecule has 2 rings (SSSR count). The highest BCUT2D eigenvalue weighted by molar-refractivity contribution is 6.12. The maximum Gasteiger partial charge on any atom is 0.315 e. The number of anilines is 2. The van der Waals surface area contributed by atoms with Gasteiger partial charge in [0.2, 0.25) is 5.91 Å². The Morgan fingerprint density at radius 1 is 1.00 bits per heavy atom. The molecule has 0 radical (unpaired) electrons. The zero-order chi connectivity index (χ0) is 18.2. The Labute approximate surface area is 146 Å². The van der Waals surface area contributed by atoms with E-state index in [4.69, 9.17) is 0 Å². The van der Waals surface area contributed by atoms with Crippen LogP contribution in [0, 0.1) is 0 Å². The SMILES string of the molecule is CCN(C(=O)c1ccccc1NC(=O)CC(=O)OC)c1ccccc1. The first-order valence-corrected chi connectivity index (χ1v) is 7.89. The number of esters is 1. The van der Waals surface area contributed by atoms with Gasteiger partial charge < -0.3 is 15.0 Å². The molecule has 0 spiro atoms. The molecule has 0 aliphatic carbocycles. The fourth-order valence-electron chi connectivity index (χ4n) is 2.37. The van der Waals surface area contributed by atoms with Gasteiger partial charge in [0.25, 0.3) is 5.91 Å². The van der Waals surface area contributed by atoms with E-state index in [9.17, 15) is 14.4 Å². The van der Waals surface area contributed by atoms with Crippen LogP contribution in [0.15, 0.2) is 54.6 Å². The Bertz CT molecular complexity index is 759. The summed E-state index contributed by atoms with van der Waals surface area (Å²) in [7, 11) is 1.21. The highest BCUT2D eigenvalue weighted by atomic mass is 16.5. The maximum atomic E-state index is 12.9. The molecule has 0 atom stereocenters. The summed E-state index contributed by atoms with van der Waals surface area (Å²) in [6.45, 7) is 2.36. The van der Waals surface area contributed by atoms with Gasteiger partial charge in [-0.1, -0.05) is 30.3 Å². The first-order chi connectivity index (χ1) is 12.1. The zero-order valence-corrected chi connectivity index (χ0v) is 14.2. The van der Waals surface area contributed by atoms with Crippen molar-refractivity contribution in [2.24, 2.45) is 0 Å². The van der Waals surface area contributed by atoms with Crippen molar-refractivity contribution < 1.29 is 19.1 Å². The van der Waals surface area contributed by atoms with Crippen LogP contribution in [0.3, 0.4) is 0 Å². The molecule has 1 N–H and O–H groups in total. The van der Waals surface area contributed by atoms with E-state index in [0.29, 0.717) is 17.8 Å². The number of nitrogens with zero attached hydrogens (tertiary/aromatic N) is 1. The summed E-state index contributed by atoms with van der Waals surface area (Å²) < 4.78 is 4.47. The fraction of sp³-hybridized carbons (Fsp3) is 0.211. The minimum absolute atomic E-state index is 0.234. The lowest BCUT2D eigenvalue weighted by Gasteiger charge is -2.22. The molecule has 0 aromatic heterocycles. The third kappa shape index (κ3) is 4.67. The average molecular weight is 340 g/mol. The third-order valence-electron chi connectivity index (χ3n) is 3.59. The minimum atomic E-state index is -0.638. The summed E-state index contributed by atoms with van der Waals surface area (Å²) in [5.74, 6) is -1.40. The van der Waals surface area contributed by atoms with E-state index >= 15 is 0 Å². The standard InChI is InChI=1S/C19H20N2O4/c1-3-21(14-9-5-4-6-10-14)19(24)15-11-7-8-12-16(15)20-17(22)13-18(23)25-2/h4-12H,3,13H2,1-2H3,(H,20,22). The molecule has 130 valence electrons. The summed E-state index contributed by atoms with van der Waals surface area (Å²) in [6.07, 6.45) is -0.408. The minimum Gasteiger partial charge on any atom is -0.469 e. The largest absolute Gasteiger partial charge is 0.469 e. The second-order valence-corrected chi connectivity index (χ2v) is 5.23. The first kappa shape index (κ1) is 18.2. The monoisotopic (exact) mass is 340 g/mol. The second kappa shape index (κ2) is 8.63. The third-order valence-corrected chi connectivity index (χ3v) is 3.59. The van der Waals surface area contributed by atoms with Crippen molar-refractivity contribution in [3.05, 3.63) is 60.2 Å². The van der Waals surface area contributed by atoms with Gasteiger partial charge in [-0.25, -0.2) is 0 Å². The molecular weight excluding hydrogens is 320 g/mol. The molecule has 0 aliphatic rings. The summed E-state index contributed by atoms with van der Waals surface area (Å²) in [5, 5.41) is 2.60. The summed E-state index contributed by atoms with van der Waals surface area (Å²) in [5.41, 5.74) is 1.48. The number of hydrogen-bond donors (Lipinski definition) is 1. The normalized spacial score (nSPS) is 10.0. The number of amides is 2. The van der Waals surface area contributed by atoms with Crippen molar-refractivity contribution >= 4 is 29.2 Å². The van der Waals surface area contributed by atoms with E-state index in [-0.39, 0.29) is 5.91 Å². The van der Waals surface area contributed by atoms with E-state index in [1.165, 1.54) is 7.11 Å². The van der Waals surface area contributed by atoms with Gasteiger partial charge in [-0.05, 0) is 31.2 Å². The number of rotatable bonds is 6. The lowest BCUT2D eigenvalue weighted by Crippen LogP contribution is -2.31. The van der Waals surface area contributed by atoms with Crippen LogP contribution in [0.25, 0.3) is 0 Å². The van der Waals surface area contributed by atoms with Gasteiger partial charge in [-0.3, -0.25) is 14.4 Å². The van der Waals surface area contributed by atoms with Crippen LogP contribution in [-0.2, 0) is 14.3 Å². The predicted octanol–water partition coefficient (Wildman–Crippen LogP) is 2.85. The molecule has 0 heterocycles. The quantitative estimate of drug-likeness (QED) is 0.648. The summed E-state index contributed by atoms with van der Waals surface area (Å²) in [6, 6.07) is 16.0. The Balaban J connectivity index is 2.25. The Morgan fingerprint density at radius 3 is 2.28 bits per heavy atom. The molecule has 0 aliphatic heterocycles. The molecule has 6 nitrogen and oxygen atoms in total. The summed E-state index contributed by atoms with van der Waals surface area (Å²) in [4.78, 5) is 37.7. The summed E-state index contributed by atoms with van der Waals surface area (Å²) >= 11 is 0. The molecule has 2 aromatic carbocycles. The number of nitrogens with one attached hydrogen (secondary N) is 1. The van der Waals surface area contributed by atoms with E-state index < -0.39 is 18.3 Å². The number of benzene rings is 2. The van der Waals surface area contributed by atoms with Gasteiger partial charge in [0.05, 0.1) is 18.4 Å². The van der Waals surface area contributed by atoms with Gasteiger partial charge >= 0.3 is 5.97 Å². The lowest BCUT2D eigenvalue weighted by atomic mass is 10.1. The van der Waals surface area contributed by atoms with Crippen molar-refractivity contribution in [2.75, 3.05) is 23.9 Å². The Hall–Kier alpha value is -3.15. The van der Waals surface area contributed by atoms with Gasteiger partial charge in [0, 0.05) is 12.2 Å². The van der Waals surface area contributed by atoms with Crippen molar-refractivity contribution in [2.45, 2.75) is 13.3 Å². The number of carbonyl (C=O) groups excluding carboxylic acids is 3. The molecule has 0 fully saturated rings. The highest BCUT2D eigenvalue weighted by Gasteiger charge is 2.20. The van der Waals surface area contributed by atoms with Crippen LogP contribution in [0.1, 0.15) is 23.7 Å². The Kier molecular flexibility index (Phi) is 6.28. The van der Waals surface area contributed by atoms with E-state index in [1.807, 2.05) is 37.3 Å².